The Morgan fingerprint density at radius 3 is 2.65 bits per heavy atom. The highest BCUT2D eigenvalue weighted by Gasteiger charge is 2.32. The molecule has 0 unspecified atom stereocenters. The SMILES string of the molecule is Cc1ccc(S(=O)(=O)Nc2cnn(CC(C)C)c2C2CC2)cc1C(=O)O. The average Bonchev–Trinajstić information content (AvgIpc) is 3.30. The fraction of sp³-hybridized carbons (Fsp3) is 0.444. The first kappa shape index (κ1) is 18.4. The number of anilines is 1. The van der Waals surface area contributed by atoms with Crippen molar-refractivity contribution in [3.8, 4) is 0 Å². The second-order valence-corrected chi connectivity index (χ2v) is 8.86. The number of benzene rings is 1. The van der Waals surface area contributed by atoms with Crippen LogP contribution in [0, 0.1) is 12.8 Å². The number of aromatic nitrogens is 2. The summed E-state index contributed by atoms with van der Waals surface area (Å²) in [6.45, 7) is 6.53. The van der Waals surface area contributed by atoms with Gasteiger partial charge in [0, 0.05) is 12.5 Å². The summed E-state index contributed by atoms with van der Waals surface area (Å²) < 4.78 is 30.0. The van der Waals surface area contributed by atoms with Crippen molar-refractivity contribution in [3.05, 3.63) is 41.2 Å². The van der Waals surface area contributed by atoms with E-state index in [2.05, 4.69) is 23.7 Å². The maximum atomic E-state index is 12.8. The van der Waals surface area contributed by atoms with E-state index in [1.54, 1.807) is 13.1 Å². The van der Waals surface area contributed by atoms with Crippen LogP contribution >= 0.6 is 0 Å². The standard InChI is InChI=1S/C18H23N3O4S/c1-11(2)10-21-17(13-5-6-13)16(9-19-21)20-26(24,25)14-7-4-12(3)15(8-14)18(22)23/h4,7-9,11,13,20H,5-6,10H2,1-3H3,(H,22,23). The highest BCUT2D eigenvalue weighted by Crippen LogP contribution is 2.44. The first-order valence-corrected chi connectivity index (χ1v) is 10.1. The predicted molar refractivity (Wildman–Crippen MR) is 98.0 cm³/mol. The summed E-state index contributed by atoms with van der Waals surface area (Å²) in [5.74, 6) is -0.434. The number of aromatic carboxylic acids is 1. The molecule has 1 heterocycles. The summed E-state index contributed by atoms with van der Waals surface area (Å²) in [6, 6.07) is 4.11. The van der Waals surface area contributed by atoms with E-state index in [0.29, 0.717) is 23.1 Å². The molecule has 0 aliphatic heterocycles. The number of nitrogens with zero attached hydrogens (tertiary/aromatic N) is 2. The van der Waals surface area contributed by atoms with Crippen LogP contribution in [0.3, 0.4) is 0 Å². The highest BCUT2D eigenvalue weighted by atomic mass is 32.2. The second-order valence-electron chi connectivity index (χ2n) is 7.18. The molecule has 26 heavy (non-hydrogen) atoms. The van der Waals surface area contributed by atoms with E-state index in [1.807, 2.05) is 4.68 Å². The Hall–Kier alpha value is -2.35. The monoisotopic (exact) mass is 377 g/mol. The van der Waals surface area contributed by atoms with E-state index in [-0.39, 0.29) is 10.5 Å². The Morgan fingerprint density at radius 1 is 1.38 bits per heavy atom. The van der Waals surface area contributed by atoms with Gasteiger partial charge in [0.1, 0.15) is 0 Å². The predicted octanol–water partition coefficient (Wildman–Crippen LogP) is 3.22. The van der Waals surface area contributed by atoms with Gasteiger partial charge in [-0.15, -0.1) is 0 Å². The molecule has 140 valence electrons. The first-order chi connectivity index (χ1) is 12.2. The lowest BCUT2D eigenvalue weighted by Crippen LogP contribution is -2.16. The zero-order valence-electron chi connectivity index (χ0n) is 15.1. The van der Waals surface area contributed by atoms with Crippen LogP contribution < -0.4 is 4.72 Å². The van der Waals surface area contributed by atoms with Crippen molar-refractivity contribution in [2.24, 2.45) is 5.92 Å². The molecule has 0 spiro atoms. The molecule has 1 aliphatic carbocycles. The molecule has 8 heteroatoms. The third-order valence-electron chi connectivity index (χ3n) is 4.38. The van der Waals surface area contributed by atoms with Gasteiger partial charge in [-0.05, 0) is 43.4 Å². The fourth-order valence-electron chi connectivity index (χ4n) is 2.95. The van der Waals surface area contributed by atoms with Crippen molar-refractivity contribution in [1.29, 1.82) is 0 Å². The lowest BCUT2D eigenvalue weighted by atomic mass is 10.1. The third-order valence-corrected chi connectivity index (χ3v) is 5.74. The maximum absolute atomic E-state index is 12.8. The minimum atomic E-state index is -3.90. The lowest BCUT2D eigenvalue weighted by Gasteiger charge is -2.13. The minimum absolute atomic E-state index is 0.0224. The molecule has 3 rings (SSSR count). The van der Waals surface area contributed by atoms with Crippen LogP contribution in [0.15, 0.2) is 29.3 Å². The maximum Gasteiger partial charge on any atom is 0.335 e. The number of aryl methyl sites for hydroxylation is 1. The van der Waals surface area contributed by atoms with E-state index in [0.717, 1.165) is 25.1 Å². The Kier molecular flexibility index (Phi) is 4.79. The van der Waals surface area contributed by atoms with E-state index >= 15 is 0 Å². The minimum Gasteiger partial charge on any atom is -0.478 e. The number of carboxylic acid groups (broad SMARTS) is 1. The number of hydrogen-bond acceptors (Lipinski definition) is 4. The summed E-state index contributed by atoms with van der Waals surface area (Å²) in [5, 5.41) is 13.6. The topological polar surface area (TPSA) is 101 Å². The Balaban J connectivity index is 1.94. The number of nitrogens with one attached hydrogen (secondary N) is 1. The van der Waals surface area contributed by atoms with Gasteiger partial charge in [-0.3, -0.25) is 9.40 Å². The van der Waals surface area contributed by atoms with Gasteiger partial charge in [0.05, 0.1) is 28.0 Å². The van der Waals surface area contributed by atoms with Gasteiger partial charge in [0.2, 0.25) is 0 Å². The van der Waals surface area contributed by atoms with Crippen molar-refractivity contribution in [3.63, 3.8) is 0 Å². The van der Waals surface area contributed by atoms with Gasteiger partial charge in [-0.1, -0.05) is 19.9 Å². The molecular formula is C18H23N3O4S. The van der Waals surface area contributed by atoms with E-state index in [9.17, 15) is 18.3 Å². The van der Waals surface area contributed by atoms with Crippen LogP contribution in [-0.2, 0) is 16.6 Å². The number of rotatable bonds is 7. The van der Waals surface area contributed by atoms with Crippen molar-refractivity contribution >= 4 is 21.7 Å². The summed E-state index contributed by atoms with van der Waals surface area (Å²) in [4.78, 5) is 11.2. The normalized spacial score (nSPS) is 14.6. The van der Waals surface area contributed by atoms with Gasteiger partial charge in [-0.25, -0.2) is 13.2 Å². The molecule has 1 aliphatic rings. The van der Waals surface area contributed by atoms with Crippen molar-refractivity contribution < 1.29 is 18.3 Å². The molecule has 2 aromatic rings. The van der Waals surface area contributed by atoms with Gasteiger partial charge in [0.25, 0.3) is 10.0 Å². The van der Waals surface area contributed by atoms with Crippen LogP contribution in [-0.4, -0.2) is 29.3 Å². The molecule has 0 saturated heterocycles. The van der Waals surface area contributed by atoms with Gasteiger partial charge >= 0.3 is 5.97 Å². The van der Waals surface area contributed by atoms with Crippen LogP contribution in [0.4, 0.5) is 5.69 Å². The number of sulfonamides is 1. The van der Waals surface area contributed by atoms with Crippen molar-refractivity contribution in [1.82, 2.24) is 9.78 Å². The summed E-state index contributed by atoms with van der Waals surface area (Å²) in [6.07, 6.45) is 3.58. The van der Waals surface area contributed by atoms with Gasteiger partial charge in [0.15, 0.2) is 0 Å². The van der Waals surface area contributed by atoms with Crippen LogP contribution in [0.5, 0.6) is 0 Å². The number of carboxylic acids is 1. The van der Waals surface area contributed by atoms with Crippen molar-refractivity contribution in [2.45, 2.75) is 51.0 Å². The molecule has 1 saturated carbocycles. The molecule has 1 fully saturated rings. The summed E-state index contributed by atoms with van der Waals surface area (Å²) >= 11 is 0. The molecule has 1 aromatic heterocycles. The average molecular weight is 377 g/mol. The smallest absolute Gasteiger partial charge is 0.335 e. The summed E-state index contributed by atoms with van der Waals surface area (Å²) in [7, 11) is -3.90. The van der Waals surface area contributed by atoms with Crippen LogP contribution in [0.1, 0.15) is 54.2 Å². The largest absolute Gasteiger partial charge is 0.478 e. The second kappa shape index (κ2) is 6.75. The molecule has 1 aromatic carbocycles. The van der Waals surface area contributed by atoms with Gasteiger partial charge in [-0.2, -0.15) is 5.10 Å². The Labute approximate surface area is 153 Å². The van der Waals surface area contributed by atoms with E-state index in [4.69, 9.17) is 0 Å². The lowest BCUT2D eigenvalue weighted by molar-refractivity contribution is 0.0696. The molecule has 2 N–H and O–H groups in total. The Morgan fingerprint density at radius 2 is 2.08 bits per heavy atom. The van der Waals surface area contributed by atoms with Gasteiger partial charge < -0.3 is 5.11 Å². The molecular weight excluding hydrogens is 354 g/mol. The molecule has 0 radical (unpaired) electrons. The number of hydrogen-bond donors (Lipinski definition) is 2. The highest BCUT2D eigenvalue weighted by molar-refractivity contribution is 7.92. The Bertz CT molecular complexity index is 943. The number of carbonyl (C=O) groups is 1. The molecule has 0 bridgehead atoms. The zero-order valence-corrected chi connectivity index (χ0v) is 15.9. The molecule has 0 amide bonds. The first-order valence-electron chi connectivity index (χ1n) is 8.61. The fourth-order valence-corrected chi connectivity index (χ4v) is 4.04. The van der Waals surface area contributed by atoms with E-state index < -0.39 is 16.0 Å². The van der Waals surface area contributed by atoms with E-state index in [1.165, 1.54) is 18.2 Å². The summed E-state index contributed by atoms with van der Waals surface area (Å²) in [5.41, 5.74) is 1.88. The van der Waals surface area contributed by atoms with Crippen LogP contribution in [0.2, 0.25) is 0 Å². The quantitative estimate of drug-likeness (QED) is 0.771. The zero-order chi connectivity index (χ0) is 19.1. The van der Waals surface area contributed by atoms with Crippen molar-refractivity contribution in [2.75, 3.05) is 4.72 Å². The third kappa shape index (κ3) is 3.75. The molecule has 7 nitrogen and oxygen atoms in total. The molecule has 0 atom stereocenters. The van der Waals surface area contributed by atoms with Crippen LogP contribution in [0.25, 0.3) is 0 Å².